The molecule has 0 atom stereocenters. The molecule has 25 heavy (non-hydrogen) atoms. The number of hydrogen-bond donors (Lipinski definition) is 0. The average molecular weight is 327 g/mol. The lowest BCUT2D eigenvalue weighted by atomic mass is 9.88. The molecule has 0 saturated heterocycles. The van der Waals surface area contributed by atoms with Crippen LogP contribution in [-0.4, -0.2) is 10.8 Å². The van der Waals surface area contributed by atoms with E-state index in [1.54, 1.807) is 6.92 Å². The van der Waals surface area contributed by atoms with Crippen LogP contribution in [0.5, 0.6) is 0 Å². The van der Waals surface area contributed by atoms with Gasteiger partial charge in [0.05, 0.1) is 0 Å². The fourth-order valence-electron chi connectivity index (χ4n) is 3.89. The van der Waals surface area contributed by atoms with Gasteiger partial charge in [0.1, 0.15) is 0 Å². The smallest absolute Gasteiger partial charge is 0.160 e. The topological polar surface area (TPSA) is 30.0 Å². The van der Waals surface area contributed by atoms with E-state index < -0.39 is 0 Å². The maximum atomic E-state index is 12.2. The van der Waals surface area contributed by atoms with Crippen LogP contribution in [0.3, 0.4) is 0 Å². The van der Waals surface area contributed by atoms with Gasteiger partial charge >= 0.3 is 0 Å². The predicted molar refractivity (Wildman–Crippen MR) is 102 cm³/mol. The van der Waals surface area contributed by atoms with Crippen molar-refractivity contribution >= 4 is 5.78 Å². The molecule has 1 aromatic heterocycles. The van der Waals surface area contributed by atoms with Gasteiger partial charge in [0.25, 0.3) is 0 Å². The average Bonchev–Trinajstić information content (AvgIpc) is 2.95. The fraction of sp³-hybridized carbons (Fsp3) is 0.217. The zero-order valence-electron chi connectivity index (χ0n) is 15.1. The Morgan fingerprint density at radius 2 is 1.80 bits per heavy atom. The molecular formula is C23H21NO. The third-order valence-corrected chi connectivity index (χ3v) is 5.35. The van der Waals surface area contributed by atoms with Crippen LogP contribution in [0.15, 0.2) is 42.6 Å². The summed E-state index contributed by atoms with van der Waals surface area (Å²) in [6.45, 7) is 7.99. The van der Waals surface area contributed by atoms with Crippen LogP contribution in [-0.2, 0) is 6.42 Å². The lowest BCUT2D eigenvalue weighted by molar-refractivity contribution is 0.101. The molecule has 0 unspecified atom stereocenters. The summed E-state index contributed by atoms with van der Waals surface area (Å²) in [6, 6.07) is 12.7. The van der Waals surface area contributed by atoms with Crippen LogP contribution in [0.2, 0.25) is 0 Å². The molecule has 0 amide bonds. The van der Waals surface area contributed by atoms with Crippen molar-refractivity contribution in [2.45, 2.75) is 34.1 Å². The van der Waals surface area contributed by atoms with E-state index in [0.717, 1.165) is 23.2 Å². The van der Waals surface area contributed by atoms with Crippen LogP contribution >= 0.6 is 0 Å². The van der Waals surface area contributed by atoms with Gasteiger partial charge in [0.15, 0.2) is 5.78 Å². The molecule has 0 spiro atoms. The van der Waals surface area contributed by atoms with E-state index in [2.05, 4.69) is 49.2 Å². The molecule has 0 saturated carbocycles. The van der Waals surface area contributed by atoms with E-state index in [1.807, 2.05) is 19.2 Å². The zero-order chi connectivity index (χ0) is 17.7. The molecule has 0 fully saturated rings. The van der Waals surface area contributed by atoms with Crippen molar-refractivity contribution in [2.75, 3.05) is 0 Å². The van der Waals surface area contributed by atoms with Crippen molar-refractivity contribution < 1.29 is 4.79 Å². The molecule has 1 heterocycles. The van der Waals surface area contributed by atoms with Gasteiger partial charge in [0.2, 0.25) is 0 Å². The molecule has 4 rings (SSSR count). The van der Waals surface area contributed by atoms with Gasteiger partial charge in [-0.25, -0.2) is 0 Å². The molecule has 2 heteroatoms. The summed E-state index contributed by atoms with van der Waals surface area (Å²) < 4.78 is 0. The number of hydrogen-bond acceptors (Lipinski definition) is 2. The number of aryl methyl sites for hydroxylation is 2. The SMILES string of the molecule is CC(=O)c1ccc(-c2cccc(C)c2C)c2c1Cc1cnc(C)cc1-2. The standard InChI is InChI=1S/C23H21NO/c1-13-6-5-7-18(15(13)3)20-9-8-19(16(4)25)22-11-17-12-24-14(2)10-21(17)23(20)22/h5-10,12H,11H2,1-4H3. The minimum Gasteiger partial charge on any atom is -0.295 e. The molecule has 0 radical (unpaired) electrons. The molecule has 0 bridgehead atoms. The number of nitrogens with zero attached hydrogens (tertiary/aromatic N) is 1. The first-order valence-corrected chi connectivity index (χ1v) is 8.66. The van der Waals surface area contributed by atoms with Crippen molar-refractivity contribution in [3.8, 4) is 22.3 Å². The third kappa shape index (κ3) is 2.41. The predicted octanol–water partition coefficient (Wildman–Crippen LogP) is 5.45. The number of Topliss-reactive ketones (excluding diaryl/α,β-unsaturated/α-hetero) is 1. The minimum absolute atomic E-state index is 0.126. The molecule has 0 N–H and O–H groups in total. The highest BCUT2D eigenvalue weighted by Gasteiger charge is 2.27. The monoisotopic (exact) mass is 327 g/mol. The summed E-state index contributed by atoms with van der Waals surface area (Å²) >= 11 is 0. The Hall–Kier alpha value is -2.74. The Morgan fingerprint density at radius 3 is 2.56 bits per heavy atom. The number of rotatable bonds is 2. The maximum Gasteiger partial charge on any atom is 0.160 e. The van der Waals surface area contributed by atoms with Crippen molar-refractivity contribution in [1.29, 1.82) is 0 Å². The number of fused-ring (bicyclic) bond motifs is 3. The van der Waals surface area contributed by atoms with Crippen LogP contribution in [0.4, 0.5) is 0 Å². The van der Waals surface area contributed by atoms with Gasteiger partial charge in [-0.15, -0.1) is 0 Å². The second kappa shape index (κ2) is 5.66. The van der Waals surface area contributed by atoms with Gasteiger partial charge in [-0.3, -0.25) is 9.78 Å². The highest BCUT2D eigenvalue weighted by atomic mass is 16.1. The number of carbonyl (C=O) groups is 1. The molecule has 2 aromatic carbocycles. The largest absolute Gasteiger partial charge is 0.295 e. The summed E-state index contributed by atoms with van der Waals surface area (Å²) in [5.74, 6) is 0.126. The first-order valence-electron chi connectivity index (χ1n) is 8.66. The molecule has 3 aromatic rings. The van der Waals surface area contributed by atoms with Crippen molar-refractivity contribution in [2.24, 2.45) is 0 Å². The van der Waals surface area contributed by atoms with Gasteiger partial charge in [0, 0.05) is 23.9 Å². The minimum atomic E-state index is 0.126. The number of carbonyl (C=O) groups excluding carboxylic acids is 1. The summed E-state index contributed by atoms with van der Waals surface area (Å²) in [4.78, 5) is 16.6. The first-order chi connectivity index (χ1) is 12.0. The molecule has 1 aliphatic rings. The Bertz CT molecular complexity index is 1030. The van der Waals surface area contributed by atoms with Gasteiger partial charge in [-0.05, 0) is 78.3 Å². The van der Waals surface area contributed by atoms with Crippen LogP contribution < -0.4 is 0 Å². The van der Waals surface area contributed by atoms with Gasteiger partial charge < -0.3 is 0 Å². The molecule has 2 nitrogen and oxygen atoms in total. The van der Waals surface area contributed by atoms with Crippen molar-refractivity contribution in [1.82, 2.24) is 4.98 Å². The quantitative estimate of drug-likeness (QED) is 0.458. The van der Waals surface area contributed by atoms with Crippen molar-refractivity contribution in [3.63, 3.8) is 0 Å². The van der Waals surface area contributed by atoms with Crippen LogP contribution in [0, 0.1) is 20.8 Å². The highest BCUT2D eigenvalue weighted by molar-refractivity contribution is 6.02. The van der Waals surface area contributed by atoms with Gasteiger partial charge in [-0.2, -0.15) is 0 Å². The van der Waals surface area contributed by atoms with E-state index in [-0.39, 0.29) is 5.78 Å². The highest BCUT2D eigenvalue weighted by Crippen LogP contribution is 2.45. The van der Waals surface area contributed by atoms with Crippen molar-refractivity contribution in [3.05, 3.63) is 76.1 Å². The van der Waals surface area contributed by atoms with E-state index in [0.29, 0.717) is 0 Å². The van der Waals surface area contributed by atoms with E-state index in [1.165, 1.54) is 38.9 Å². The zero-order valence-corrected chi connectivity index (χ0v) is 15.1. The summed E-state index contributed by atoms with van der Waals surface area (Å²) in [5, 5.41) is 0. The summed E-state index contributed by atoms with van der Waals surface area (Å²) in [5.41, 5.74) is 11.7. The summed E-state index contributed by atoms with van der Waals surface area (Å²) in [6.07, 6.45) is 2.74. The summed E-state index contributed by atoms with van der Waals surface area (Å²) in [7, 11) is 0. The molecular weight excluding hydrogens is 306 g/mol. The van der Waals surface area contributed by atoms with Crippen LogP contribution in [0.1, 0.15) is 45.2 Å². The lowest BCUT2D eigenvalue weighted by Gasteiger charge is -2.16. The second-order valence-electron chi connectivity index (χ2n) is 6.98. The Balaban J connectivity index is 2.08. The molecule has 0 aliphatic heterocycles. The first kappa shape index (κ1) is 15.8. The lowest BCUT2D eigenvalue weighted by Crippen LogP contribution is -2.00. The number of pyridine rings is 1. The Morgan fingerprint density at radius 1 is 1.00 bits per heavy atom. The van der Waals surface area contributed by atoms with E-state index in [9.17, 15) is 4.79 Å². The normalized spacial score (nSPS) is 12.0. The third-order valence-electron chi connectivity index (χ3n) is 5.35. The number of aromatic nitrogens is 1. The van der Waals surface area contributed by atoms with E-state index in [4.69, 9.17) is 0 Å². The fourth-order valence-corrected chi connectivity index (χ4v) is 3.89. The Kier molecular flexibility index (Phi) is 3.57. The Labute approximate surface area is 148 Å². The van der Waals surface area contributed by atoms with E-state index >= 15 is 0 Å². The number of benzene rings is 2. The molecule has 1 aliphatic carbocycles. The number of ketones is 1. The van der Waals surface area contributed by atoms with Crippen LogP contribution in [0.25, 0.3) is 22.3 Å². The maximum absolute atomic E-state index is 12.2. The second-order valence-corrected chi connectivity index (χ2v) is 6.98. The van der Waals surface area contributed by atoms with Gasteiger partial charge in [-0.1, -0.05) is 30.3 Å². The molecule has 124 valence electrons.